The lowest BCUT2D eigenvalue weighted by molar-refractivity contribution is -0.280. The second kappa shape index (κ2) is 16.3. The molecule has 0 spiro atoms. The average molecular weight is 581 g/mol. The van der Waals surface area contributed by atoms with E-state index < -0.39 is 36.6 Å². The normalized spacial score (nSPS) is 23.6. The van der Waals surface area contributed by atoms with Crippen LogP contribution in [-0.2, 0) is 50.1 Å². The van der Waals surface area contributed by atoms with Gasteiger partial charge in [0.15, 0.2) is 0 Å². The smallest absolute Gasteiger partial charge is 0.116 e. The van der Waals surface area contributed by atoms with Crippen LogP contribution in [0.15, 0.2) is 134 Å². The zero-order valence-corrected chi connectivity index (χ0v) is 24.3. The van der Waals surface area contributed by atoms with Crippen molar-refractivity contribution in [1.29, 1.82) is 0 Å². The molecule has 0 amide bonds. The molecule has 6 nitrogen and oxygen atoms in total. The first-order valence-corrected chi connectivity index (χ1v) is 14.8. The molecule has 43 heavy (non-hydrogen) atoms. The van der Waals surface area contributed by atoms with Crippen LogP contribution in [0.4, 0.5) is 0 Å². The molecule has 5 rings (SSSR count). The second-order valence-corrected chi connectivity index (χ2v) is 10.6. The van der Waals surface area contributed by atoms with Crippen molar-refractivity contribution < 1.29 is 28.8 Å². The average Bonchev–Trinajstić information content (AvgIpc) is 3.06. The van der Waals surface area contributed by atoms with Crippen molar-refractivity contribution in [2.45, 2.75) is 63.1 Å². The molecule has 6 heteroatoms. The van der Waals surface area contributed by atoms with Gasteiger partial charge >= 0.3 is 0 Å². The van der Waals surface area contributed by atoms with Gasteiger partial charge in [-0.15, -0.1) is 6.58 Å². The lowest BCUT2D eigenvalue weighted by Gasteiger charge is -2.48. The van der Waals surface area contributed by atoms with Crippen molar-refractivity contribution in [3.8, 4) is 0 Å². The van der Waals surface area contributed by atoms with E-state index in [1.54, 1.807) is 6.08 Å². The number of aliphatic hydroxyl groups is 1. The Bertz CT molecular complexity index is 1330. The third-order valence-electron chi connectivity index (χ3n) is 7.52. The SMILES string of the molecule is C=CCO[C@@H]1[C@H](O)[C@@H](OCc2ccccc2)[C@H](OCc2ccccc2)[C@@H](OCc2ccccc2)[C@@H]1OCc1ccccc1. The van der Waals surface area contributed by atoms with Crippen LogP contribution < -0.4 is 0 Å². The molecule has 4 aromatic carbocycles. The van der Waals surface area contributed by atoms with Crippen molar-refractivity contribution in [3.63, 3.8) is 0 Å². The highest BCUT2D eigenvalue weighted by Crippen LogP contribution is 2.34. The van der Waals surface area contributed by atoms with Gasteiger partial charge in [-0.3, -0.25) is 0 Å². The van der Waals surface area contributed by atoms with Gasteiger partial charge in [0.05, 0.1) is 33.0 Å². The van der Waals surface area contributed by atoms with Crippen molar-refractivity contribution in [3.05, 3.63) is 156 Å². The van der Waals surface area contributed by atoms with E-state index in [0.29, 0.717) is 26.4 Å². The predicted molar refractivity (Wildman–Crippen MR) is 166 cm³/mol. The van der Waals surface area contributed by atoms with Gasteiger partial charge in [-0.1, -0.05) is 127 Å². The maximum Gasteiger partial charge on any atom is 0.116 e. The summed E-state index contributed by atoms with van der Waals surface area (Å²) in [6.07, 6.45) is -2.83. The van der Waals surface area contributed by atoms with E-state index >= 15 is 0 Å². The third-order valence-corrected chi connectivity index (χ3v) is 7.52. The molecule has 0 saturated heterocycles. The number of benzene rings is 4. The fourth-order valence-electron chi connectivity index (χ4n) is 5.34. The standard InChI is InChI=1S/C37H40O6/c1-2-23-39-33-32(38)34(40-24-28-15-7-3-8-16-28)36(42-26-30-19-11-5-12-20-30)37(43-27-31-21-13-6-14-22-31)35(33)41-25-29-17-9-4-10-18-29/h2-22,32-38H,1,23-27H2/t32-,33+,34+,35+,36-,37-/m0/s1. The maximum atomic E-state index is 11.9. The zero-order chi connectivity index (χ0) is 29.7. The zero-order valence-electron chi connectivity index (χ0n) is 24.3. The summed E-state index contributed by atoms with van der Waals surface area (Å²) in [5, 5.41) is 11.9. The molecule has 0 unspecified atom stereocenters. The summed E-state index contributed by atoms with van der Waals surface area (Å²) in [7, 11) is 0. The fraction of sp³-hybridized carbons (Fsp3) is 0.297. The van der Waals surface area contributed by atoms with Gasteiger partial charge in [-0.05, 0) is 22.3 Å². The Morgan fingerprint density at radius 2 is 0.721 bits per heavy atom. The Kier molecular flexibility index (Phi) is 11.7. The van der Waals surface area contributed by atoms with Crippen molar-refractivity contribution in [2.24, 2.45) is 0 Å². The summed E-state index contributed by atoms with van der Waals surface area (Å²) in [6.45, 7) is 5.32. The van der Waals surface area contributed by atoms with Gasteiger partial charge in [0.2, 0.25) is 0 Å². The first-order chi connectivity index (χ1) is 21.2. The van der Waals surface area contributed by atoms with Crippen LogP contribution >= 0.6 is 0 Å². The highest BCUT2D eigenvalue weighted by atomic mass is 16.6. The largest absolute Gasteiger partial charge is 0.387 e. The summed E-state index contributed by atoms with van der Waals surface area (Å²) >= 11 is 0. The molecule has 4 aromatic rings. The van der Waals surface area contributed by atoms with Gasteiger partial charge in [-0.25, -0.2) is 0 Å². The van der Waals surface area contributed by atoms with Crippen LogP contribution in [0, 0.1) is 0 Å². The molecule has 224 valence electrons. The van der Waals surface area contributed by atoms with E-state index in [4.69, 9.17) is 23.7 Å². The quantitative estimate of drug-likeness (QED) is 0.167. The van der Waals surface area contributed by atoms with Gasteiger partial charge in [0, 0.05) is 0 Å². The lowest BCUT2D eigenvalue weighted by atomic mass is 9.83. The first-order valence-electron chi connectivity index (χ1n) is 14.8. The van der Waals surface area contributed by atoms with E-state index in [1.165, 1.54) is 0 Å². The maximum absolute atomic E-state index is 11.9. The molecule has 1 fully saturated rings. The van der Waals surface area contributed by atoms with Gasteiger partial charge in [0.1, 0.15) is 36.6 Å². The minimum absolute atomic E-state index is 0.235. The van der Waals surface area contributed by atoms with Crippen LogP contribution in [0.3, 0.4) is 0 Å². The van der Waals surface area contributed by atoms with Crippen molar-refractivity contribution in [2.75, 3.05) is 6.61 Å². The number of aliphatic hydroxyl groups excluding tert-OH is 1. The van der Waals surface area contributed by atoms with Gasteiger partial charge in [-0.2, -0.15) is 0 Å². The van der Waals surface area contributed by atoms with Gasteiger partial charge in [0.25, 0.3) is 0 Å². The molecule has 1 saturated carbocycles. The summed E-state index contributed by atoms with van der Waals surface area (Å²) in [6, 6.07) is 39.8. The number of rotatable bonds is 15. The first kappa shape index (κ1) is 30.8. The lowest BCUT2D eigenvalue weighted by Crippen LogP contribution is -2.66. The molecule has 0 aromatic heterocycles. The van der Waals surface area contributed by atoms with E-state index in [0.717, 1.165) is 22.3 Å². The molecule has 0 aliphatic heterocycles. The van der Waals surface area contributed by atoms with E-state index in [9.17, 15) is 5.11 Å². The minimum atomic E-state index is -1.05. The molecular formula is C37H40O6. The van der Waals surface area contributed by atoms with E-state index in [1.807, 2.05) is 121 Å². The Balaban J connectivity index is 1.48. The molecule has 1 N–H and O–H groups in total. The topological polar surface area (TPSA) is 66.4 Å². The molecule has 1 aliphatic rings. The van der Waals surface area contributed by atoms with Crippen LogP contribution in [0.1, 0.15) is 22.3 Å². The van der Waals surface area contributed by atoms with Crippen LogP contribution in [0.25, 0.3) is 0 Å². The Labute approximate surface area is 254 Å². The fourth-order valence-corrected chi connectivity index (χ4v) is 5.34. The summed E-state index contributed by atoms with van der Waals surface area (Å²) in [5.74, 6) is 0. The molecule has 0 bridgehead atoms. The molecule has 0 radical (unpaired) electrons. The van der Waals surface area contributed by atoms with Crippen molar-refractivity contribution in [1.82, 2.24) is 0 Å². The van der Waals surface area contributed by atoms with Crippen molar-refractivity contribution >= 4 is 0 Å². The van der Waals surface area contributed by atoms with Crippen LogP contribution in [0.5, 0.6) is 0 Å². The monoisotopic (exact) mass is 580 g/mol. The summed E-state index contributed by atoms with van der Waals surface area (Å²) in [5.41, 5.74) is 4.02. The Morgan fingerprint density at radius 1 is 0.442 bits per heavy atom. The number of hydrogen-bond donors (Lipinski definition) is 1. The summed E-state index contributed by atoms with van der Waals surface area (Å²) < 4.78 is 32.5. The third kappa shape index (κ3) is 8.71. The minimum Gasteiger partial charge on any atom is -0.387 e. The highest BCUT2D eigenvalue weighted by Gasteiger charge is 2.54. The Morgan fingerprint density at radius 3 is 1.05 bits per heavy atom. The highest BCUT2D eigenvalue weighted by molar-refractivity contribution is 5.17. The van der Waals surface area contributed by atoms with Crippen LogP contribution in [-0.4, -0.2) is 48.3 Å². The predicted octanol–water partition coefficient (Wildman–Crippen LogP) is 6.27. The van der Waals surface area contributed by atoms with E-state index in [2.05, 4.69) is 6.58 Å². The summed E-state index contributed by atoms with van der Waals surface area (Å²) in [4.78, 5) is 0. The number of hydrogen-bond acceptors (Lipinski definition) is 6. The molecule has 1 aliphatic carbocycles. The van der Waals surface area contributed by atoms with E-state index in [-0.39, 0.29) is 6.61 Å². The molecule has 6 atom stereocenters. The Hall–Kier alpha value is -3.62. The second-order valence-electron chi connectivity index (χ2n) is 10.6. The molecule has 0 heterocycles. The number of ether oxygens (including phenoxy) is 5. The van der Waals surface area contributed by atoms with Crippen LogP contribution in [0.2, 0.25) is 0 Å². The van der Waals surface area contributed by atoms with Gasteiger partial charge < -0.3 is 28.8 Å². The molecular weight excluding hydrogens is 540 g/mol.